The van der Waals surface area contributed by atoms with Gasteiger partial charge >= 0.3 is 0 Å². The molecule has 1 aliphatic heterocycles. The molecule has 2 aromatic rings. The van der Waals surface area contributed by atoms with Gasteiger partial charge in [0.25, 0.3) is 0 Å². The standard InChI is InChI=1S/C13H17N3O/c1-2-6-12-11(5-1)15-13(16-12)14-8-10-4-3-7-17-9-10/h1-2,5-6,10H,3-4,7-9H2,(H2,14,15,16). The van der Waals surface area contributed by atoms with Crippen LogP contribution in [0, 0.1) is 5.92 Å². The summed E-state index contributed by atoms with van der Waals surface area (Å²) in [7, 11) is 0. The second kappa shape index (κ2) is 4.75. The van der Waals surface area contributed by atoms with Gasteiger partial charge < -0.3 is 15.0 Å². The zero-order chi connectivity index (χ0) is 11.5. The Hall–Kier alpha value is -1.55. The van der Waals surface area contributed by atoms with E-state index in [1.165, 1.54) is 12.8 Å². The molecule has 0 spiro atoms. The van der Waals surface area contributed by atoms with E-state index in [0.717, 1.165) is 36.7 Å². The van der Waals surface area contributed by atoms with Crippen molar-refractivity contribution in [3.63, 3.8) is 0 Å². The number of aromatic amines is 1. The fourth-order valence-corrected chi connectivity index (χ4v) is 2.25. The van der Waals surface area contributed by atoms with Gasteiger partial charge in [-0.05, 0) is 30.9 Å². The molecule has 4 heteroatoms. The van der Waals surface area contributed by atoms with Gasteiger partial charge in [0.05, 0.1) is 17.6 Å². The Morgan fingerprint density at radius 1 is 1.41 bits per heavy atom. The lowest BCUT2D eigenvalue weighted by Gasteiger charge is -2.21. The number of imidazole rings is 1. The van der Waals surface area contributed by atoms with Crippen molar-refractivity contribution in [2.75, 3.05) is 25.1 Å². The van der Waals surface area contributed by atoms with E-state index in [-0.39, 0.29) is 0 Å². The number of nitrogens with zero attached hydrogens (tertiary/aromatic N) is 1. The van der Waals surface area contributed by atoms with Crippen molar-refractivity contribution >= 4 is 17.0 Å². The summed E-state index contributed by atoms with van der Waals surface area (Å²) in [6.45, 7) is 2.72. The highest BCUT2D eigenvalue weighted by atomic mass is 16.5. The molecule has 90 valence electrons. The lowest BCUT2D eigenvalue weighted by Crippen LogP contribution is -2.24. The van der Waals surface area contributed by atoms with Crippen LogP contribution in [0.3, 0.4) is 0 Å². The highest BCUT2D eigenvalue weighted by Gasteiger charge is 2.13. The molecule has 17 heavy (non-hydrogen) atoms. The Kier molecular flexibility index (Phi) is 2.96. The molecule has 4 nitrogen and oxygen atoms in total. The van der Waals surface area contributed by atoms with Gasteiger partial charge in [-0.2, -0.15) is 0 Å². The van der Waals surface area contributed by atoms with E-state index in [1.54, 1.807) is 0 Å². The lowest BCUT2D eigenvalue weighted by molar-refractivity contribution is 0.0594. The molecule has 1 unspecified atom stereocenters. The molecule has 1 aromatic carbocycles. The van der Waals surface area contributed by atoms with Gasteiger partial charge in [0, 0.05) is 13.2 Å². The number of fused-ring (bicyclic) bond motifs is 1. The Balaban J connectivity index is 1.64. The number of rotatable bonds is 3. The van der Waals surface area contributed by atoms with Crippen LogP contribution in [0.2, 0.25) is 0 Å². The largest absolute Gasteiger partial charge is 0.381 e. The second-order valence-corrected chi connectivity index (χ2v) is 4.57. The minimum Gasteiger partial charge on any atom is -0.381 e. The topological polar surface area (TPSA) is 49.9 Å². The Labute approximate surface area is 100 Å². The molecule has 1 aliphatic rings. The number of hydrogen-bond donors (Lipinski definition) is 2. The summed E-state index contributed by atoms with van der Waals surface area (Å²) >= 11 is 0. The highest BCUT2D eigenvalue weighted by Crippen LogP contribution is 2.16. The molecule has 0 aliphatic carbocycles. The van der Waals surface area contributed by atoms with Crippen molar-refractivity contribution in [1.82, 2.24) is 9.97 Å². The van der Waals surface area contributed by atoms with Crippen LogP contribution in [0.25, 0.3) is 11.0 Å². The van der Waals surface area contributed by atoms with Gasteiger partial charge in [0.2, 0.25) is 5.95 Å². The van der Waals surface area contributed by atoms with Crippen LogP contribution in [0.15, 0.2) is 24.3 Å². The lowest BCUT2D eigenvalue weighted by atomic mass is 10.0. The average molecular weight is 231 g/mol. The van der Waals surface area contributed by atoms with Gasteiger partial charge in [0.1, 0.15) is 0 Å². The zero-order valence-corrected chi connectivity index (χ0v) is 9.78. The van der Waals surface area contributed by atoms with Crippen LogP contribution in [-0.2, 0) is 4.74 Å². The summed E-state index contributed by atoms with van der Waals surface area (Å²) in [5, 5.41) is 3.36. The van der Waals surface area contributed by atoms with E-state index in [4.69, 9.17) is 4.74 Å². The van der Waals surface area contributed by atoms with Crippen molar-refractivity contribution in [2.24, 2.45) is 5.92 Å². The van der Waals surface area contributed by atoms with Gasteiger partial charge in [-0.15, -0.1) is 0 Å². The summed E-state index contributed by atoms with van der Waals surface area (Å²) in [5.74, 6) is 1.47. The minimum atomic E-state index is 0.608. The first-order chi connectivity index (χ1) is 8.42. The highest BCUT2D eigenvalue weighted by molar-refractivity contribution is 5.77. The molecule has 1 atom stereocenters. The molecule has 1 fully saturated rings. The number of H-pyrrole nitrogens is 1. The van der Waals surface area contributed by atoms with Crippen molar-refractivity contribution in [2.45, 2.75) is 12.8 Å². The normalized spacial score (nSPS) is 20.6. The number of para-hydroxylation sites is 2. The van der Waals surface area contributed by atoms with Crippen molar-refractivity contribution in [3.8, 4) is 0 Å². The molecule has 3 rings (SSSR count). The third-order valence-electron chi connectivity index (χ3n) is 3.20. The first-order valence-corrected chi connectivity index (χ1v) is 6.18. The van der Waals surface area contributed by atoms with Crippen molar-refractivity contribution < 1.29 is 4.74 Å². The van der Waals surface area contributed by atoms with E-state index < -0.39 is 0 Å². The molecular formula is C13H17N3O. The van der Waals surface area contributed by atoms with Crippen LogP contribution in [0.1, 0.15) is 12.8 Å². The molecule has 0 amide bonds. The van der Waals surface area contributed by atoms with Gasteiger partial charge in [-0.3, -0.25) is 0 Å². The summed E-state index contributed by atoms with van der Waals surface area (Å²) in [5.41, 5.74) is 2.09. The van der Waals surface area contributed by atoms with E-state index in [1.807, 2.05) is 24.3 Å². The molecule has 0 bridgehead atoms. The van der Waals surface area contributed by atoms with Crippen molar-refractivity contribution in [1.29, 1.82) is 0 Å². The Morgan fingerprint density at radius 3 is 3.18 bits per heavy atom. The van der Waals surface area contributed by atoms with E-state index in [9.17, 15) is 0 Å². The number of ether oxygens (including phenoxy) is 1. The van der Waals surface area contributed by atoms with Gasteiger partial charge in [-0.25, -0.2) is 4.98 Å². The molecule has 0 saturated carbocycles. The summed E-state index contributed by atoms with van der Waals surface area (Å²) in [6.07, 6.45) is 2.42. The molecule has 2 heterocycles. The first-order valence-electron chi connectivity index (χ1n) is 6.18. The molecular weight excluding hydrogens is 214 g/mol. The van der Waals surface area contributed by atoms with E-state index >= 15 is 0 Å². The van der Waals surface area contributed by atoms with Gasteiger partial charge in [-0.1, -0.05) is 12.1 Å². The monoisotopic (exact) mass is 231 g/mol. The summed E-state index contributed by atoms with van der Waals surface area (Å²) < 4.78 is 5.46. The minimum absolute atomic E-state index is 0.608. The summed E-state index contributed by atoms with van der Waals surface area (Å²) in [6, 6.07) is 8.07. The smallest absolute Gasteiger partial charge is 0.201 e. The molecule has 2 N–H and O–H groups in total. The van der Waals surface area contributed by atoms with Crippen LogP contribution in [0.4, 0.5) is 5.95 Å². The maximum Gasteiger partial charge on any atom is 0.201 e. The van der Waals surface area contributed by atoms with Gasteiger partial charge in [0.15, 0.2) is 0 Å². The first kappa shape index (κ1) is 10.6. The third kappa shape index (κ3) is 2.42. The molecule has 1 saturated heterocycles. The average Bonchev–Trinajstić information content (AvgIpc) is 2.80. The molecule has 1 aromatic heterocycles. The van der Waals surface area contributed by atoms with Crippen LogP contribution >= 0.6 is 0 Å². The maximum absolute atomic E-state index is 5.46. The van der Waals surface area contributed by atoms with Crippen LogP contribution in [0.5, 0.6) is 0 Å². The number of anilines is 1. The Bertz CT molecular complexity index is 455. The number of hydrogen-bond acceptors (Lipinski definition) is 3. The number of benzene rings is 1. The fourth-order valence-electron chi connectivity index (χ4n) is 2.25. The summed E-state index contributed by atoms with van der Waals surface area (Å²) in [4.78, 5) is 7.76. The Morgan fingerprint density at radius 2 is 2.35 bits per heavy atom. The van der Waals surface area contributed by atoms with Crippen LogP contribution < -0.4 is 5.32 Å². The predicted octanol–water partition coefficient (Wildman–Crippen LogP) is 2.40. The maximum atomic E-state index is 5.46. The third-order valence-corrected chi connectivity index (χ3v) is 3.20. The number of aromatic nitrogens is 2. The quantitative estimate of drug-likeness (QED) is 0.852. The van der Waals surface area contributed by atoms with E-state index in [0.29, 0.717) is 5.92 Å². The number of nitrogens with one attached hydrogen (secondary N) is 2. The second-order valence-electron chi connectivity index (χ2n) is 4.57. The fraction of sp³-hybridized carbons (Fsp3) is 0.462. The predicted molar refractivity (Wildman–Crippen MR) is 68.1 cm³/mol. The van der Waals surface area contributed by atoms with Crippen molar-refractivity contribution in [3.05, 3.63) is 24.3 Å². The van der Waals surface area contributed by atoms with E-state index in [2.05, 4.69) is 15.3 Å². The zero-order valence-electron chi connectivity index (χ0n) is 9.78. The SMILES string of the molecule is c1ccc2[nH]c(NCC3CCCOC3)nc2c1. The molecule has 0 radical (unpaired) electrons. The van der Waals surface area contributed by atoms with Crippen LogP contribution in [-0.4, -0.2) is 29.7 Å².